The predicted octanol–water partition coefficient (Wildman–Crippen LogP) is 2.47. The topological polar surface area (TPSA) is 104 Å². The van der Waals surface area contributed by atoms with E-state index in [4.69, 9.17) is 18.6 Å². The van der Waals surface area contributed by atoms with Crippen LogP contribution in [0.1, 0.15) is 25.7 Å². The van der Waals surface area contributed by atoms with Crippen LogP contribution in [0.25, 0.3) is 11.5 Å². The summed E-state index contributed by atoms with van der Waals surface area (Å²) in [6, 6.07) is 7.15. The first-order valence-electron chi connectivity index (χ1n) is 9.26. The van der Waals surface area contributed by atoms with E-state index in [2.05, 4.69) is 17.1 Å². The second-order valence-corrected chi connectivity index (χ2v) is 6.37. The van der Waals surface area contributed by atoms with E-state index in [1.807, 2.05) is 0 Å². The monoisotopic (exact) mass is 401 g/mol. The summed E-state index contributed by atoms with van der Waals surface area (Å²) in [5.74, 6) is -0.252. The highest BCUT2D eigenvalue weighted by Gasteiger charge is 2.32. The van der Waals surface area contributed by atoms with Crippen molar-refractivity contribution in [2.45, 2.75) is 26.2 Å². The Morgan fingerprint density at radius 1 is 1.10 bits per heavy atom. The van der Waals surface area contributed by atoms with Gasteiger partial charge in [-0.3, -0.25) is 0 Å². The van der Waals surface area contributed by atoms with E-state index in [1.54, 1.807) is 29.2 Å². The molecule has 0 saturated carbocycles. The van der Waals surface area contributed by atoms with E-state index in [1.165, 1.54) is 14.2 Å². The molecule has 2 aromatic rings. The molecule has 0 unspecified atom stereocenters. The zero-order chi connectivity index (χ0) is 20.8. The van der Waals surface area contributed by atoms with Gasteiger partial charge in [-0.2, -0.15) is 0 Å². The summed E-state index contributed by atoms with van der Waals surface area (Å²) in [4.78, 5) is 26.0. The lowest BCUT2D eigenvalue weighted by Gasteiger charge is -2.31. The molecule has 2 heterocycles. The highest BCUT2D eigenvalue weighted by molar-refractivity contribution is 6.03. The fraction of sp³-hybridized carbons (Fsp3) is 0.400. The number of unbranched alkanes of at least 4 members (excludes halogenated alkanes) is 1. The number of nitrogens with zero attached hydrogens (tertiary/aromatic N) is 3. The Balaban J connectivity index is 1.88. The first-order chi connectivity index (χ1) is 14.1. The van der Waals surface area contributed by atoms with Gasteiger partial charge in [0.2, 0.25) is 11.8 Å². The van der Waals surface area contributed by atoms with Crippen LogP contribution in [0.5, 0.6) is 0 Å². The number of benzene rings is 1. The zero-order valence-electron chi connectivity index (χ0n) is 16.6. The lowest BCUT2D eigenvalue weighted by molar-refractivity contribution is -0.140. The number of aromatic nitrogens is 2. The summed E-state index contributed by atoms with van der Waals surface area (Å²) in [5, 5.41) is 8.15. The van der Waals surface area contributed by atoms with Gasteiger partial charge in [0.25, 0.3) is 0 Å². The fourth-order valence-electron chi connectivity index (χ4n) is 2.93. The number of anilines is 1. The smallest absolute Gasteiger partial charge is 0.355 e. The van der Waals surface area contributed by atoms with Gasteiger partial charge in [0.1, 0.15) is 12.4 Å². The average molecular weight is 401 g/mol. The highest BCUT2D eigenvalue weighted by atomic mass is 16.5. The second kappa shape index (κ2) is 9.33. The Morgan fingerprint density at radius 2 is 1.83 bits per heavy atom. The first-order valence-corrected chi connectivity index (χ1v) is 9.26. The number of ether oxygens (including phenoxy) is 3. The highest BCUT2D eigenvalue weighted by Crippen LogP contribution is 2.29. The van der Waals surface area contributed by atoms with Crippen LogP contribution in [0.4, 0.5) is 5.69 Å². The molecule has 3 rings (SSSR count). The van der Waals surface area contributed by atoms with Gasteiger partial charge in [0.15, 0.2) is 0 Å². The lowest BCUT2D eigenvalue weighted by Crippen LogP contribution is -2.38. The summed E-state index contributed by atoms with van der Waals surface area (Å²) in [7, 11) is 2.50. The average Bonchev–Trinajstić information content (AvgIpc) is 3.25. The third kappa shape index (κ3) is 4.45. The molecule has 0 N–H and O–H groups in total. The maximum atomic E-state index is 12.3. The molecule has 0 aliphatic carbocycles. The van der Waals surface area contributed by atoms with E-state index in [-0.39, 0.29) is 24.6 Å². The Bertz CT molecular complexity index is 903. The summed E-state index contributed by atoms with van der Waals surface area (Å²) in [6.45, 7) is 2.16. The molecule has 0 spiro atoms. The van der Waals surface area contributed by atoms with Crippen LogP contribution >= 0.6 is 0 Å². The minimum atomic E-state index is -0.643. The molecule has 0 bridgehead atoms. The van der Waals surface area contributed by atoms with Crippen LogP contribution in [0.3, 0.4) is 0 Å². The number of carbonyl (C=O) groups excluding carboxylic acids is 2. The summed E-state index contributed by atoms with van der Waals surface area (Å²) >= 11 is 0. The third-order valence-electron chi connectivity index (χ3n) is 4.47. The summed E-state index contributed by atoms with van der Waals surface area (Å²) < 4.78 is 20.8. The minimum absolute atomic E-state index is 0.0335. The SMILES string of the molecule is CCCCc1nnc(-c2ccc(N3COCC(C(=O)OC)=C3C(=O)OC)cc2)o1. The first kappa shape index (κ1) is 20.5. The van der Waals surface area contributed by atoms with Gasteiger partial charge in [-0.25, -0.2) is 9.59 Å². The number of methoxy groups -OCH3 is 2. The lowest BCUT2D eigenvalue weighted by atomic mass is 10.1. The zero-order valence-corrected chi connectivity index (χ0v) is 16.6. The van der Waals surface area contributed by atoms with Crippen molar-refractivity contribution in [3.63, 3.8) is 0 Å². The van der Waals surface area contributed by atoms with Gasteiger partial charge in [0, 0.05) is 17.7 Å². The Kier molecular flexibility index (Phi) is 6.61. The summed E-state index contributed by atoms with van der Waals surface area (Å²) in [5.41, 5.74) is 1.59. The van der Waals surface area contributed by atoms with Gasteiger partial charge in [0.05, 0.1) is 26.4 Å². The number of carbonyl (C=O) groups is 2. The molecule has 1 aromatic carbocycles. The Morgan fingerprint density at radius 3 is 2.48 bits per heavy atom. The standard InChI is InChI=1S/C20H23N3O6/c1-4-5-6-16-21-22-18(29-16)13-7-9-14(10-8-13)23-12-28-11-15(19(24)26-2)17(23)20(25)27-3/h7-10H,4-6,11-12H2,1-3H3. The molecule has 1 aliphatic rings. The van der Waals surface area contributed by atoms with Gasteiger partial charge < -0.3 is 23.5 Å². The number of esters is 2. The van der Waals surface area contributed by atoms with Crippen molar-refractivity contribution in [3.8, 4) is 11.5 Å². The largest absolute Gasteiger partial charge is 0.466 e. The van der Waals surface area contributed by atoms with Crippen molar-refractivity contribution >= 4 is 17.6 Å². The molecule has 1 aliphatic heterocycles. The van der Waals surface area contributed by atoms with Gasteiger partial charge in [-0.15, -0.1) is 10.2 Å². The maximum absolute atomic E-state index is 12.3. The van der Waals surface area contributed by atoms with Crippen LogP contribution in [-0.4, -0.2) is 49.7 Å². The van der Waals surface area contributed by atoms with Crippen molar-refractivity contribution in [3.05, 3.63) is 41.4 Å². The molecule has 0 saturated heterocycles. The second-order valence-electron chi connectivity index (χ2n) is 6.37. The van der Waals surface area contributed by atoms with Crippen LogP contribution in [0.2, 0.25) is 0 Å². The Hall–Kier alpha value is -3.20. The maximum Gasteiger partial charge on any atom is 0.355 e. The molecule has 0 atom stereocenters. The molecular formula is C20H23N3O6. The number of rotatable bonds is 7. The molecule has 9 nitrogen and oxygen atoms in total. The Labute approximate surface area is 168 Å². The number of aryl methyl sites for hydroxylation is 1. The van der Waals surface area contributed by atoms with Crippen LogP contribution in [0, 0.1) is 0 Å². The van der Waals surface area contributed by atoms with Crippen molar-refractivity contribution in [1.82, 2.24) is 10.2 Å². The van der Waals surface area contributed by atoms with E-state index in [0.29, 0.717) is 17.5 Å². The van der Waals surface area contributed by atoms with Crippen molar-refractivity contribution < 1.29 is 28.2 Å². The van der Waals surface area contributed by atoms with Crippen LogP contribution in [0.15, 0.2) is 40.0 Å². The molecule has 0 amide bonds. The van der Waals surface area contributed by atoms with E-state index in [0.717, 1.165) is 24.8 Å². The number of hydrogen-bond acceptors (Lipinski definition) is 9. The van der Waals surface area contributed by atoms with Gasteiger partial charge in [-0.1, -0.05) is 13.3 Å². The van der Waals surface area contributed by atoms with Crippen LogP contribution < -0.4 is 4.90 Å². The fourth-order valence-corrected chi connectivity index (χ4v) is 2.93. The molecule has 1 aromatic heterocycles. The van der Waals surface area contributed by atoms with E-state index in [9.17, 15) is 9.59 Å². The van der Waals surface area contributed by atoms with E-state index >= 15 is 0 Å². The van der Waals surface area contributed by atoms with Gasteiger partial charge in [-0.05, 0) is 30.7 Å². The van der Waals surface area contributed by atoms with Crippen LogP contribution in [-0.2, 0) is 30.2 Å². The van der Waals surface area contributed by atoms with E-state index < -0.39 is 11.9 Å². The predicted molar refractivity (Wildman–Crippen MR) is 103 cm³/mol. The molecular weight excluding hydrogens is 378 g/mol. The quantitative estimate of drug-likeness (QED) is 0.647. The summed E-state index contributed by atoms with van der Waals surface area (Å²) in [6.07, 6.45) is 2.78. The molecule has 29 heavy (non-hydrogen) atoms. The normalized spacial score (nSPS) is 14.1. The molecule has 0 fully saturated rings. The third-order valence-corrected chi connectivity index (χ3v) is 4.47. The minimum Gasteiger partial charge on any atom is -0.466 e. The van der Waals surface area contributed by atoms with Crippen molar-refractivity contribution in [2.24, 2.45) is 0 Å². The molecule has 0 radical (unpaired) electrons. The number of hydrogen-bond donors (Lipinski definition) is 0. The molecule has 9 heteroatoms. The van der Waals surface area contributed by atoms with Gasteiger partial charge >= 0.3 is 11.9 Å². The van der Waals surface area contributed by atoms with Crippen molar-refractivity contribution in [1.29, 1.82) is 0 Å². The van der Waals surface area contributed by atoms with Crippen molar-refractivity contribution in [2.75, 3.05) is 32.5 Å². The molecule has 154 valence electrons.